The number of hydrogen-bond acceptors (Lipinski definition) is 0. The molecule has 4 aliphatic carbocycles. The van der Waals surface area contributed by atoms with E-state index in [2.05, 4.69) is 66.8 Å². The van der Waals surface area contributed by atoms with Crippen molar-refractivity contribution in [2.75, 3.05) is 0 Å². The molecule has 0 heteroatoms. The van der Waals surface area contributed by atoms with Crippen molar-refractivity contribution in [3.8, 4) is 0 Å². The molecule has 0 spiro atoms. The van der Waals surface area contributed by atoms with Gasteiger partial charge in [0.05, 0.1) is 0 Å². The molecule has 20 heavy (non-hydrogen) atoms. The highest BCUT2D eigenvalue weighted by Crippen LogP contribution is 2.49. The minimum atomic E-state index is 0.601. The average molecular weight is 258 g/mol. The van der Waals surface area contributed by atoms with Crippen LogP contribution in [-0.4, -0.2) is 0 Å². The van der Waals surface area contributed by atoms with Crippen LogP contribution in [0, 0.1) is 5.92 Å². The number of hydrogen-bond donors (Lipinski definition) is 0. The maximum atomic E-state index is 2.32. The van der Waals surface area contributed by atoms with E-state index >= 15 is 0 Å². The van der Waals surface area contributed by atoms with Crippen molar-refractivity contribution in [3.63, 3.8) is 0 Å². The normalized spacial score (nSPS) is 37.4. The van der Waals surface area contributed by atoms with Crippen LogP contribution in [0.3, 0.4) is 0 Å². The summed E-state index contributed by atoms with van der Waals surface area (Å²) in [5, 5.41) is 0. The second-order valence-corrected chi connectivity index (χ2v) is 5.68. The highest BCUT2D eigenvalue weighted by molar-refractivity contribution is 5.68. The number of allylic oxidation sites excluding steroid dienone is 16. The molecule has 0 radical (unpaired) electrons. The lowest BCUT2D eigenvalue weighted by atomic mass is 9.78. The van der Waals surface area contributed by atoms with E-state index in [0.29, 0.717) is 5.92 Å². The zero-order chi connectivity index (χ0) is 13.4. The van der Waals surface area contributed by atoms with Gasteiger partial charge in [-0.2, -0.15) is 0 Å². The highest BCUT2D eigenvalue weighted by atomic mass is 14.4. The second-order valence-electron chi connectivity index (χ2n) is 5.68. The molecule has 0 nitrogen and oxygen atoms in total. The van der Waals surface area contributed by atoms with Crippen LogP contribution in [0.15, 0.2) is 94.7 Å². The predicted octanol–water partition coefficient (Wildman–Crippen LogP) is 5.13. The Labute approximate surface area is 120 Å². The number of rotatable bonds is 0. The maximum absolute atomic E-state index is 2.32. The summed E-state index contributed by atoms with van der Waals surface area (Å²) >= 11 is 0. The van der Waals surface area contributed by atoms with E-state index < -0.39 is 0 Å². The first-order chi connectivity index (χ1) is 9.95. The van der Waals surface area contributed by atoms with E-state index in [0.717, 1.165) is 0 Å². The third-order valence-corrected chi connectivity index (χ3v) is 4.55. The minimum Gasteiger partial charge on any atom is -0.0623 e. The van der Waals surface area contributed by atoms with Gasteiger partial charge in [-0.1, -0.05) is 66.8 Å². The van der Waals surface area contributed by atoms with Gasteiger partial charge in [0.1, 0.15) is 0 Å². The van der Waals surface area contributed by atoms with Gasteiger partial charge in [0.2, 0.25) is 0 Å². The molecule has 1 saturated carbocycles. The van der Waals surface area contributed by atoms with Crippen LogP contribution in [0.2, 0.25) is 0 Å². The van der Waals surface area contributed by atoms with E-state index in [1.165, 1.54) is 36.0 Å². The van der Waals surface area contributed by atoms with Crippen LogP contribution in [0.4, 0.5) is 0 Å². The van der Waals surface area contributed by atoms with E-state index in [4.69, 9.17) is 0 Å². The van der Waals surface area contributed by atoms with Crippen LogP contribution in [0.25, 0.3) is 0 Å². The van der Waals surface area contributed by atoms with Crippen LogP contribution >= 0.6 is 0 Å². The molecule has 0 aromatic heterocycles. The van der Waals surface area contributed by atoms with Gasteiger partial charge in [0.25, 0.3) is 0 Å². The average Bonchev–Trinajstić information content (AvgIpc) is 2.68. The Morgan fingerprint density at radius 1 is 0.750 bits per heavy atom. The molecule has 0 saturated heterocycles. The van der Waals surface area contributed by atoms with Crippen molar-refractivity contribution in [2.45, 2.75) is 19.3 Å². The van der Waals surface area contributed by atoms with Crippen LogP contribution < -0.4 is 0 Å². The lowest BCUT2D eigenvalue weighted by molar-refractivity contribution is 0.573. The van der Waals surface area contributed by atoms with Crippen molar-refractivity contribution < 1.29 is 0 Å². The molecule has 0 heterocycles. The first-order valence-electron chi connectivity index (χ1n) is 7.49. The van der Waals surface area contributed by atoms with Crippen molar-refractivity contribution in [3.05, 3.63) is 94.7 Å². The summed E-state index contributed by atoms with van der Waals surface area (Å²) in [5.41, 5.74) is 7.49. The molecule has 0 aromatic rings. The summed E-state index contributed by atoms with van der Waals surface area (Å²) in [6, 6.07) is 0. The Morgan fingerprint density at radius 2 is 1.50 bits per heavy atom. The number of fused-ring (bicyclic) bond motifs is 2. The Bertz CT molecular complexity index is 682. The summed E-state index contributed by atoms with van der Waals surface area (Å²) in [5.74, 6) is 0.601. The summed E-state index contributed by atoms with van der Waals surface area (Å²) in [7, 11) is 0. The van der Waals surface area contributed by atoms with Crippen LogP contribution in [-0.2, 0) is 0 Å². The van der Waals surface area contributed by atoms with E-state index in [9.17, 15) is 0 Å². The van der Waals surface area contributed by atoms with E-state index in [1.807, 2.05) is 0 Å². The third-order valence-electron chi connectivity index (χ3n) is 4.55. The zero-order valence-corrected chi connectivity index (χ0v) is 11.5. The maximum Gasteiger partial charge on any atom is 0.0104 e. The molecule has 0 bridgehead atoms. The van der Waals surface area contributed by atoms with Crippen molar-refractivity contribution in [2.24, 2.45) is 5.92 Å². The SMILES string of the molecule is C1=C\C=C/C2=C(\C=C/1)C1=C3C(=C/C=C\C=C/1)\CCCC23. The molecule has 0 N–H and O–H groups in total. The van der Waals surface area contributed by atoms with E-state index in [-0.39, 0.29) is 0 Å². The molecule has 0 aromatic carbocycles. The fourth-order valence-electron chi connectivity index (χ4n) is 3.73. The topological polar surface area (TPSA) is 0 Å². The van der Waals surface area contributed by atoms with Gasteiger partial charge in [0.15, 0.2) is 0 Å². The largest absolute Gasteiger partial charge is 0.0623 e. The molecule has 1 atom stereocenters. The molecule has 1 fully saturated rings. The van der Waals surface area contributed by atoms with Crippen LogP contribution in [0.5, 0.6) is 0 Å². The quantitative estimate of drug-likeness (QED) is 0.565. The molecule has 0 aliphatic heterocycles. The fraction of sp³-hybridized carbons (Fsp3) is 0.200. The Kier molecular flexibility index (Phi) is 2.81. The van der Waals surface area contributed by atoms with Gasteiger partial charge in [-0.25, -0.2) is 0 Å². The van der Waals surface area contributed by atoms with Gasteiger partial charge < -0.3 is 0 Å². The first kappa shape index (κ1) is 11.7. The van der Waals surface area contributed by atoms with Gasteiger partial charge in [-0.15, -0.1) is 0 Å². The van der Waals surface area contributed by atoms with Gasteiger partial charge in [-0.3, -0.25) is 0 Å². The van der Waals surface area contributed by atoms with Crippen molar-refractivity contribution in [1.82, 2.24) is 0 Å². The van der Waals surface area contributed by atoms with Gasteiger partial charge >= 0.3 is 0 Å². The molecule has 4 rings (SSSR count). The summed E-state index contributed by atoms with van der Waals surface area (Å²) in [6.45, 7) is 0. The second kappa shape index (κ2) is 4.79. The standard InChI is InChI=1S/C20H18/c1-2-6-12-17-16(11-5-1)18-13-7-3-4-9-15-10-8-14-19(17)20(15)18/h1-7,9,11-13,19H,8,10,14H2/b2-1-,4-3-,5-1?,6-2?,7-3?,9-4?,11-5-,12-6-,13-7-,15-9-,16-11?,17-12?,18-13?. The Balaban J connectivity index is 1.93. The first-order valence-corrected chi connectivity index (χ1v) is 7.49. The Morgan fingerprint density at radius 3 is 2.40 bits per heavy atom. The smallest absolute Gasteiger partial charge is 0.0104 e. The summed E-state index contributed by atoms with van der Waals surface area (Å²) in [4.78, 5) is 0. The third kappa shape index (κ3) is 1.76. The van der Waals surface area contributed by atoms with Gasteiger partial charge in [-0.05, 0) is 47.1 Å². The van der Waals surface area contributed by atoms with Gasteiger partial charge in [0, 0.05) is 5.92 Å². The molecule has 98 valence electrons. The minimum absolute atomic E-state index is 0.601. The van der Waals surface area contributed by atoms with E-state index in [1.54, 1.807) is 11.1 Å². The molecular weight excluding hydrogens is 240 g/mol. The highest BCUT2D eigenvalue weighted by Gasteiger charge is 2.34. The molecule has 1 unspecified atom stereocenters. The fourth-order valence-corrected chi connectivity index (χ4v) is 3.73. The summed E-state index contributed by atoms with van der Waals surface area (Å²) in [6.07, 6.45) is 28.1. The van der Waals surface area contributed by atoms with Crippen LogP contribution in [0.1, 0.15) is 19.3 Å². The predicted molar refractivity (Wildman–Crippen MR) is 85.2 cm³/mol. The lowest BCUT2D eigenvalue weighted by Gasteiger charge is -2.26. The molecule has 4 aliphatic rings. The Hall–Kier alpha value is -2.08. The zero-order valence-electron chi connectivity index (χ0n) is 11.5. The summed E-state index contributed by atoms with van der Waals surface area (Å²) < 4.78 is 0. The lowest BCUT2D eigenvalue weighted by Crippen LogP contribution is -2.12. The monoisotopic (exact) mass is 258 g/mol. The molecular formula is C20H18. The van der Waals surface area contributed by atoms with Crippen molar-refractivity contribution in [1.29, 1.82) is 0 Å². The molecule has 0 amide bonds. The van der Waals surface area contributed by atoms with Crippen molar-refractivity contribution >= 4 is 0 Å².